The van der Waals surface area contributed by atoms with E-state index in [4.69, 9.17) is 0 Å². The number of nitrogens with one attached hydrogen (secondary N) is 1. The molecule has 0 saturated carbocycles. The highest BCUT2D eigenvalue weighted by molar-refractivity contribution is 7.09. The van der Waals surface area contributed by atoms with Gasteiger partial charge in [-0.05, 0) is 0 Å². The first-order valence-electron chi connectivity index (χ1n) is 5.28. The van der Waals surface area contributed by atoms with Crippen LogP contribution in [0, 0.1) is 0 Å². The monoisotopic (exact) mass is 253 g/mol. The molecule has 0 radical (unpaired) electrons. The van der Waals surface area contributed by atoms with Crippen molar-refractivity contribution in [3.63, 3.8) is 0 Å². The summed E-state index contributed by atoms with van der Waals surface area (Å²) in [4.78, 5) is 9.88. The summed E-state index contributed by atoms with van der Waals surface area (Å²) in [6, 6.07) is 0. The summed E-state index contributed by atoms with van der Waals surface area (Å²) in [5, 5.41) is 6.72. The summed E-state index contributed by atoms with van der Waals surface area (Å²) in [5.41, 5.74) is 3.00. The zero-order valence-corrected chi connectivity index (χ0v) is 11.1. The number of hydrogen-bond donors (Lipinski definition) is 1. The molecule has 0 aromatic carbocycles. The molecule has 0 aliphatic rings. The lowest BCUT2D eigenvalue weighted by molar-refractivity contribution is 0.684. The van der Waals surface area contributed by atoms with E-state index < -0.39 is 0 Å². The van der Waals surface area contributed by atoms with Crippen LogP contribution >= 0.6 is 22.7 Å². The normalized spacial score (nSPS) is 11.2. The maximum atomic E-state index is 4.57. The minimum Gasteiger partial charge on any atom is -0.306 e. The van der Waals surface area contributed by atoms with E-state index in [0.717, 1.165) is 18.8 Å². The summed E-state index contributed by atoms with van der Waals surface area (Å²) < 4.78 is 0. The van der Waals surface area contributed by atoms with E-state index in [1.807, 2.05) is 11.7 Å². The fourth-order valence-electron chi connectivity index (χ4n) is 1.31. The van der Waals surface area contributed by atoms with E-state index >= 15 is 0 Å². The van der Waals surface area contributed by atoms with Gasteiger partial charge < -0.3 is 5.32 Å². The van der Waals surface area contributed by atoms with E-state index in [9.17, 15) is 0 Å². The van der Waals surface area contributed by atoms with Crippen LogP contribution in [0.3, 0.4) is 0 Å². The van der Waals surface area contributed by atoms with Gasteiger partial charge in [-0.2, -0.15) is 0 Å². The van der Waals surface area contributed by atoms with E-state index in [1.54, 1.807) is 22.7 Å². The Morgan fingerprint density at radius 2 is 2.19 bits per heavy atom. The summed E-state index contributed by atoms with van der Waals surface area (Å²) in [7, 11) is 0. The topological polar surface area (TPSA) is 37.8 Å². The minimum absolute atomic E-state index is 0.528. The quantitative estimate of drug-likeness (QED) is 0.890. The van der Waals surface area contributed by atoms with Gasteiger partial charge in [0.25, 0.3) is 0 Å². The van der Waals surface area contributed by atoms with Crippen LogP contribution in [0.4, 0.5) is 0 Å². The lowest BCUT2D eigenvalue weighted by Gasteiger charge is -2.00. The van der Waals surface area contributed by atoms with Gasteiger partial charge in [-0.25, -0.2) is 4.98 Å². The summed E-state index contributed by atoms with van der Waals surface area (Å²) in [5.74, 6) is 0.528. The lowest BCUT2D eigenvalue weighted by atomic mass is 10.2. The number of hydrogen-bond acceptors (Lipinski definition) is 5. The Kier molecular flexibility index (Phi) is 4.04. The molecule has 0 saturated heterocycles. The van der Waals surface area contributed by atoms with Crippen LogP contribution in [0.25, 0.3) is 0 Å². The molecule has 3 nitrogen and oxygen atoms in total. The molecule has 2 aromatic heterocycles. The largest absolute Gasteiger partial charge is 0.306 e. The molecule has 0 aliphatic carbocycles. The highest BCUT2D eigenvalue weighted by Gasteiger charge is 2.05. The first kappa shape index (κ1) is 11.7. The lowest BCUT2D eigenvalue weighted by Crippen LogP contribution is -2.12. The number of aromatic nitrogens is 2. The van der Waals surface area contributed by atoms with Crippen molar-refractivity contribution >= 4 is 22.7 Å². The molecule has 0 atom stereocenters. The van der Waals surface area contributed by atoms with Crippen molar-refractivity contribution in [2.24, 2.45) is 0 Å². The number of thiazole rings is 2. The zero-order chi connectivity index (χ0) is 11.4. The molecular formula is C11H15N3S2. The first-order chi connectivity index (χ1) is 7.75. The van der Waals surface area contributed by atoms with Crippen LogP contribution < -0.4 is 5.32 Å². The summed E-state index contributed by atoms with van der Waals surface area (Å²) in [6.07, 6.45) is 1.90. The highest BCUT2D eigenvalue weighted by atomic mass is 32.1. The summed E-state index contributed by atoms with van der Waals surface area (Å²) in [6.45, 7) is 6.06. The Bertz CT molecular complexity index is 420. The smallest absolute Gasteiger partial charge is 0.0954 e. The van der Waals surface area contributed by atoms with Gasteiger partial charge in [0.2, 0.25) is 0 Å². The van der Waals surface area contributed by atoms with Crippen LogP contribution in [0.15, 0.2) is 17.1 Å². The third-order valence-electron chi connectivity index (χ3n) is 2.15. The Labute approximate surface area is 104 Å². The molecule has 2 rings (SSSR count). The fraction of sp³-hybridized carbons (Fsp3) is 0.455. The van der Waals surface area contributed by atoms with Crippen LogP contribution in [-0.4, -0.2) is 9.97 Å². The van der Waals surface area contributed by atoms with Gasteiger partial charge in [0.1, 0.15) is 0 Å². The Hall–Kier alpha value is -0.780. The second-order valence-corrected chi connectivity index (χ2v) is 5.76. The average molecular weight is 253 g/mol. The zero-order valence-electron chi connectivity index (χ0n) is 9.43. The molecule has 0 fully saturated rings. The van der Waals surface area contributed by atoms with Gasteiger partial charge in [-0.1, -0.05) is 13.8 Å². The van der Waals surface area contributed by atoms with E-state index in [0.29, 0.717) is 5.92 Å². The van der Waals surface area contributed by atoms with Crippen LogP contribution in [0.5, 0.6) is 0 Å². The molecule has 2 heterocycles. The predicted octanol–water partition coefficient (Wildman–Crippen LogP) is 3.01. The van der Waals surface area contributed by atoms with Crippen LogP contribution in [-0.2, 0) is 13.1 Å². The molecule has 0 aliphatic heterocycles. The standard InChI is InChI=1S/C11H15N3S2/c1-8(2)11-14-9(6-15-11)3-12-4-10-5-13-7-16-10/h5-8,12H,3-4H2,1-2H3. The van der Waals surface area contributed by atoms with Crippen molar-refractivity contribution in [3.05, 3.63) is 32.7 Å². The molecule has 5 heteroatoms. The Morgan fingerprint density at radius 3 is 2.81 bits per heavy atom. The third-order valence-corrected chi connectivity index (χ3v) is 4.13. The summed E-state index contributed by atoms with van der Waals surface area (Å²) >= 11 is 3.42. The number of rotatable bonds is 5. The van der Waals surface area contributed by atoms with Crippen molar-refractivity contribution in [2.75, 3.05) is 0 Å². The first-order valence-corrected chi connectivity index (χ1v) is 7.04. The third kappa shape index (κ3) is 3.10. The fourth-order valence-corrected chi connectivity index (χ4v) is 2.71. The van der Waals surface area contributed by atoms with Gasteiger partial charge >= 0.3 is 0 Å². The second kappa shape index (κ2) is 5.52. The van der Waals surface area contributed by atoms with Gasteiger partial charge in [0.15, 0.2) is 0 Å². The maximum absolute atomic E-state index is 4.57. The van der Waals surface area contributed by atoms with Crippen molar-refractivity contribution in [3.8, 4) is 0 Å². The van der Waals surface area contributed by atoms with Gasteiger partial charge in [0, 0.05) is 35.5 Å². The molecular weight excluding hydrogens is 238 g/mol. The average Bonchev–Trinajstić information content (AvgIpc) is 2.87. The molecule has 0 bridgehead atoms. The molecule has 86 valence electrons. The van der Waals surface area contributed by atoms with Gasteiger partial charge in [-0.3, -0.25) is 4.98 Å². The van der Waals surface area contributed by atoms with Gasteiger partial charge in [-0.15, -0.1) is 22.7 Å². The number of nitrogens with zero attached hydrogens (tertiary/aromatic N) is 2. The van der Waals surface area contributed by atoms with Gasteiger partial charge in [0.05, 0.1) is 16.2 Å². The van der Waals surface area contributed by atoms with Crippen molar-refractivity contribution in [1.29, 1.82) is 0 Å². The minimum atomic E-state index is 0.528. The molecule has 0 amide bonds. The SMILES string of the molecule is CC(C)c1nc(CNCc2cncs2)cs1. The van der Waals surface area contributed by atoms with E-state index in [2.05, 4.69) is 34.5 Å². The van der Waals surface area contributed by atoms with Crippen molar-refractivity contribution < 1.29 is 0 Å². The van der Waals surface area contributed by atoms with Crippen LogP contribution in [0.1, 0.15) is 35.3 Å². The highest BCUT2D eigenvalue weighted by Crippen LogP contribution is 2.19. The molecule has 16 heavy (non-hydrogen) atoms. The van der Waals surface area contributed by atoms with Crippen molar-refractivity contribution in [1.82, 2.24) is 15.3 Å². The predicted molar refractivity (Wildman–Crippen MR) is 68.9 cm³/mol. The van der Waals surface area contributed by atoms with Crippen molar-refractivity contribution in [2.45, 2.75) is 32.9 Å². The molecule has 0 unspecified atom stereocenters. The Balaban J connectivity index is 1.81. The second-order valence-electron chi connectivity index (χ2n) is 3.90. The van der Waals surface area contributed by atoms with E-state index in [1.165, 1.54) is 9.88 Å². The van der Waals surface area contributed by atoms with Crippen LogP contribution in [0.2, 0.25) is 0 Å². The maximum Gasteiger partial charge on any atom is 0.0954 e. The van der Waals surface area contributed by atoms with E-state index in [-0.39, 0.29) is 0 Å². The molecule has 0 spiro atoms. The molecule has 2 aromatic rings. The Morgan fingerprint density at radius 1 is 1.31 bits per heavy atom. The molecule has 1 N–H and O–H groups in total.